The van der Waals surface area contributed by atoms with Gasteiger partial charge in [-0.25, -0.2) is 0 Å². The van der Waals surface area contributed by atoms with Gasteiger partial charge in [0, 0.05) is 11.5 Å². The van der Waals surface area contributed by atoms with Crippen LogP contribution < -0.4 is 14.8 Å². The molecule has 0 aliphatic rings. The molecule has 1 N–H and O–H groups in total. The number of nitrogens with zero attached hydrogens (tertiary/aromatic N) is 1. The summed E-state index contributed by atoms with van der Waals surface area (Å²) in [6.07, 6.45) is 4.91. The highest BCUT2D eigenvalue weighted by atomic mass is 16.5. The van der Waals surface area contributed by atoms with E-state index in [1.54, 1.807) is 19.4 Å². The van der Waals surface area contributed by atoms with Crippen molar-refractivity contribution in [1.82, 2.24) is 4.98 Å². The van der Waals surface area contributed by atoms with E-state index in [0.717, 1.165) is 16.5 Å². The molecule has 0 atom stereocenters. The Labute approximate surface area is 158 Å². The fourth-order valence-electron chi connectivity index (χ4n) is 2.63. The van der Waals surface area contributed by atoms with Crippen LogP contribution in [0.1, 0.15) is 19.4 Å². The summed E-state index contributed by atoms with van der Waals surface area (Å²) in [6, 6.07) is 15.2. The number of hydrogen-bond donors (Lipinski definition) is 1. The second-order valence-corrected chi connectivity index (χ2v) is 6.32. The zero-order valence-corrected chi connectivity index (χ0v) is 15.6. The number of methoxy groups -OCH3 is 1. The Morgan fingerprint density at radius 3 is 2.70 bits per heavy atom. The van der Waals surface area contributed by atoms with Crippen LogP contribution in [0.15, 0.2) is 60.8 Å². The number of nitrogens with one attached hydrogen (secondary N) is 1. The van der Waals surface area contributed by atoms with E-state index in [1.807, 2.05) is 62.4 Å². The van der Waals surface area contributed by atoms with Crippen LogP contribution >= 0.6 is 0 Å². The number of rotatable bonds is 6. The van der Waals surface area contributed by atoms with Crippen molar-refractivity contribution in [1.29, 1.82) is 0 Å². The molecule has 27 heavy (non-hydrogen) atoms. The molecule has 1 aromatic heterocycles. The second kappa shape index (κ2) is 8.36. The SMILES string of the molecule is COc1cc(/C=C/C(=O)Nc2cnc3ccccc3c2)ccc1OC(C)C. The Hall–Kier alpha value is -3.34. The Balaban J connectivity index is 1.70. The van der Waals surface area contributed by atoms with Crippen LogP contribution in [0.25, 0.3) is 17.0 Å². The zero-order chi connectivity index (χ0) is 19.2. The van der Waals surface area contributed by atoms with E-state index in [2.05, 4.69) is 10.3 Å². The first kappa shape index (κ1) is 18.5. The molecule has 0 saturated heterocycles. The molecular weight excluding hydrogens is 340 g/mol. The molecule has 1 amide bonds. The number of anilines is 1. The van der Waals surface area contributed by atoms with Gasteiger partial charge < -0.3 is 14.8 Å². The summed E-state index contributed by atoms with van der Waals surface area (Å²) in [4.78, 5) is 16.5. The molecule has 0 saturated carbocycles. The molecule has 1 heterocycles. The summed E-state index contributed by atoms with van der Waals surface area (Å²) < 4.78 is 11.1. The molecule has 138 valence electrons. The highest BCUT2D eigenvalue weighted by Crippen LogP contribution is 2.29. The number of para-hydroxylation sites is 1. The van der Waals surface area contributed by atoms with Crippen LogP contribution in [0, 0.1) is 0 Å². The topological polar surface area (TPSA) is 60.5 Å². The predicted molar refractivity (Wildman–Crippen MR) is 108 cm³/mol. The Morgan fingerprint density at radius 2 is 1.93 bits per heavy atom. The normalized spacial score (nSPS) is 11.1. The van der Waals surface area contributed by atoms with Gasteiger partial charge in [0.05, 0.1) is 30.6 Å². The van der Waals surface area contributed by atoms with Crippen LogP contribution in [0.5, 0.6) is 11.5 Å². The van der Waals surface area contributed by atoms with Crippen molar-refractivity contribution in [3.63, 3.8) is 0 Å². The Bertz CT molecular complexity index is 980. The average Bonchev–Trinajstić information content (AvgIpc) is 2.66. The lowest BCUT2D eigenvalue weighted by Crippen LogP contribution is -2.08. The third-order valence-electron chi connectivity index (χ3n) is 3.84. The molecule has 0 aliphatic carbocycles. The van der Waals surface area contributed by atoms with Gasteiger partial charge >= 0.3 is 0 Å². The van der Waals surface area contributed by atoms with Crippen LogP contribution in [0.3, 0.4) is 0 Å². The lowest BCUT2D eigenvalue weighted by molar-refractivity contribution is -0.111. The van der Waals surface area contributed by atoms with Gasteiger partial charge in [0.25, 0.3) is 0 Å². The van der Waals surface area contributed by atoms with Gasteiger partial charge in [0.1, 0.15) is 0 Å². The highest BCUT2D eigenvalue weighted by Gasteiger charge is 2.07. The molecule has 3 aromatic rings. The largest absolute Gasteiger partial charge is 0.493 e. The van der Waals surface area contributed by atoms with Crippen LogP contribution in [0.2, 0.25) is 0 Å². The smallest absolute Gasteiger partial charge is 0.248 e. The number of benzene rings is 2. The minimum atomic E-state index is -0.228. The maximum atomic E-state index is 12.2. The summed E-state index contributed by atoms with van der Waals surface area (Å²) in [7, 11) is 1.59. The number of hydrogen-bond acceptors (Lipinski definition) is 4. The van der Waals surface area contributed by atoms with Crippen molar-refractivity contribution in [2.75, 3.05) is 12.4 Å². The fraction of sp³-hybridized carbons (Fsp3) is 0.182. The first-order chi connectivity index (χ1) is 13.0. The maximum Gasteiger partial charge on any atom is 0.248 e. The summed E-state index contributed by atoms with van der Waals surface area (Å²) in [5, 5.41) is 3.80. The molecule has 0 unspecified atom stereocenters. The van der Waals surface area contributed by atoms with E-state index in [9.17, 15) is 4.79 Å². The standard InChI is InChI=1S/C22H22N2O3/c1-15(2)27-20-10-8-16(12-21(20)26-3)9-11-22(25)24-18-13-17-6-4-5-7-19(17)23-14-18/h4-15H,1-3H3,(H,24,25)/b11-9+. The van der Waals surface area contributed by atoms with Gasteiger partial charge in [0.2, 0.25) is 5.91 Å². The Kier molecular flexibility index (Phi) is 5.71. The summed E-state index contributed by atoms with van der Waals surface area (Å²) in [6.45, 7) is 3.92. The van der Waals surface area contributed by atoms with E-state index in [0.29, 0.717) is 17.2 Å². The Morgan fingerprint density at radius 1 is 1.11 bits per heavy atom. The molecule has 5 heteroatoms. The first-order valence-electron chi connectivity index (χ1n) is 8.73. The third-order valence-corrected chi connectivity index (χ3v) is 3.84. The molecule has 0 spiro atoms. The number of pyridine rings is 1. The lowest BCUT2D eigenvalue weighted by atomic mass is 10.2. The van der Waals surface area contributed by atoms with Crippen LogP contribution in [0.4, 0.5) is 5.69 Å². The van der Waals surface area contributed by atoms with Crippen molar-refractivity contribution >= 4 is 28.6 Å². The van der Waals surface area contributed by atoms with E-state index >= 15 is 0 Å². The van der Waals surface area contributed by atoms with Crippen molar-refractivity contribution in [2.24, 2.45) is 0 Å². The fourth-order valence-corrected chi connectivity index (χ4v) is 2.63. The number of fused-ring (bicyclic) bond motifs is 1. The van der Waals surface area contributed by atoms with Crippen LogP contribution in [-0.4, -0.2) is 24.1 Å². The lowest BCUT2D eigenvalue weighted by Gasteiger charge is -2.13. The maximum absolute atomic E-state index is 12.2. The predicted octanol–water partition coefficient (Wildman–Crippen LogP) is 4.68. The van der Waals surface area contributed by atoms with Gasteiger partial charge in [-0.15, -0.1) is 0 Å². The van der Waals surface area contributed by atoms with Gasteiger partial charge in [-0.3, -0.25) is 9.78 Å². The minimum absolute atomic E-state index is 0.0571. The van der Waals surface area contributed by atoms with E-state index in [4.69, 9.17) is 9.47 Å². The van der Waals surface area contributed by atoms with E-state index in [1.165, 1.54) is 6.08 Å². The molecule has 3 rings (SSSR count). The quantitative estimate of drug-likeness (QED) is 0.647. The molecular formula is C22H22N2O3. The van der Waals surface area contributed by atoms with E-state index < -0.39 is 0 Å². The van der Waals surface area contributed by atoms with Gasteiger partial charge in [-0.1, -0.05) is 24.3 Å². The van der Waals surface area contributed by atoms with Gasteiger partial charge in [0.15, 0.2) is 11.5 Å². The molecule has 2 aromatic carbocycles. The number of carbonyl (C=O) groups is 1. The number of amides is 1. The van der Waals surface area contributed by atoms with Gasteiger partial charge in [-0.2, -0.15) is 0 Å². The van der Waals surface area contributed by atoms with Gasteiger partial charge in [-0.05, 0) is 49.8 Å². The third kappa shape index (κ3) is 4.85. The first-order valence-corrected chi connectivity index (χ1v) is 8.73. The van der Waals surface area contributed by atoms with Crippen molar-refractivity contribution in [2.45, 2.75) is 20.0 Å². The molecule has 0 fully saturated rings. The summed E-state index contributed by atoms with van der Waals surface area (Å²) in [5.74, 6) is 1.08. The molecule has 0 radical (unpaired) electrons. The highest BCUT2D eigenvalue weighted by molar-refractivity contribution is 6.02. The van der Waals surface area contributed by atoms with E-state index in [-0.39, 0.29) is 12.0 Å². The monoisotopic (exact) mass is 362 g/mol. The average molecular weight is 362 g/mol. The number of ether oxygens (including phenoxy) is 2. The minimum Gasteiger partial charge on any atom is -0.493 e. The number of aromatic nitrogens is 1. The number of carbonyl (C=O) groups excluding carboxylic acids is 1. The summed E-state index contributed by atoms with van der Waals surface area (Å²) in [5.41, 5.74) is 2.39. The molecule has 0 aliphatic heterocycles. The summed E-state index contributed by atoms with van der Waals surface area (Å²) >= 11 is 0. The van der Waals surface area contributed by atoms with Crippen LogP contribution in [-0.2, 0) is 4.79 Å². The molecule has 0 bridgehead atoms. The zero-order valence-electron chi connectivity index (χ0n) is 15.6. The molecule has 5 nitrogen and oxygen atoms in total. The van der Waals surface area contributed by atoms with Crippen molar-refractivity contribution < 1.29 is 14.3 Å². The van der Waals surface area contributed by atoms with Crippen molar-refractivity contribution in [3.8, 4) is 11.5 Å². The second-order valence-electron chi connectivity index (χ2n) is 6.32. The van der Waals surface area contributed by atoms with Crippen molar-refractivity contribution in [3.05, 3.63) is 66.4 Å².